The Morgan fingerprint density at radius 3 is 1.88 bits per heavy atom. The van der Waals surface area contributed by atoms with Gasteiger partial charge in [-0.05, 0) is 50.6 Å². The van der Waals surface area contributed by atoms with Crippen molar-refractivity contribution in [3.05, 3.63) is 75.4 Å². The molecule has 2 heterocycles. The van der Waals surface area contributed by atoms with E-state index in [9.17, 15) is 24.0 Å². The van der Waals surface area contributed by atoms with E-state index in [4.69, 9.17) is 9.47 Å². The number of carbonyl (C=O) groups is 5. The molecule has 0 aliphatic carbocycles. The lowest BCUT2D eigenvalue weighted by Crippen LogP contribution is -2.56. The number of hydrogen-bond acceptors (Lipinski definition) is 7. The third kappa shape index (κ3) is 4.92. The van der Waals surface area contributed by atoms with Crippen LogP contribution in [0.25, 0.3) is 16.9 Å². The molecule has 0 unspecified atom stereocenters. The van der Waals surface area contributed by atoms with Crippen molar-refractivity contribution in [1.29, 1.82) is 0 Å². The number of barbiturate groups is 1. The Labute approximate surface area is 239 Å². The number of aromatic nitrogens is 1. The lowest BCUT2D eigenvalue weighted by molar-refractivity contribution is -0.143. The van der Waals surface area contributed by atoms with Gasteiger partial charge in [-0.2, -0.15) is 0 Å². The van der Waals surface area contributed by atoms with E-state index in [0.717, 1.165) is 19.8 Å². The van der Waals surface area contributed by atoms with Crippen LogP contribution in [0.3, 0.4) is 0 Å². The highest BCUT2D eigenvalue weighted by atomic mass is 79.9. The third-order valence-corrected chi connectivity index (χ3v) is 7.11. The van der Waals surface area contributed by atoms with Crippen LogP contribution in [-0.2, 0) is 19.1 Å². The maximum atomic E-state index is 13.6. The second-order valence-corrected chi connectivity index (χ2v) is 10.0. The van der Waals surface area contributed by atoms with Crippen molar-refractivity contribution in [3.8, 4) is 16.9 Å². The minimum absolute atomic E-state index is 0.00306. The zero-order valence-corrected chi connectivity index (χ0v) is 24.3. The van der Waals surface area contributed by atoms with Crippen LogP contribution in [0.15, 0.2) is 53.0 Å². The number of benzene rings is 2. The average Bonchev–Trinajstić information content (AvgIpc) is 3.28. The van der Waals surface area contributed by atoms with Crippen LogP contribution in [0.5, 0.6) is 0 Å². The highest BCUT2D eigenvalue weighted by Gasteiger charge is 2.49. The van der Waals surface area contributed by atoms with Gasteiger partial charge in [0.1, 0.15) is 11.6 Å². The maximum absolute atomic E-state index is 13.6. The largest absolute Gasteiger partial charge is 0.462 e. The molecule has 0 spiro atoms. The number of halogens is 1. The van der Waals surface area contributed by atoms with E-state index in [-0.39, 0.29) is 35.7 Å². The molecule has 3 aromatic rings. The summed E-state index contributed by atoms with van der Waals surface area (Å²) in [4.78, 5) is 68.8. The number of nitrogens with zero attached hydrogens (tertiary/aromatic N) is 3. The number of urea groups is 1. The number of ether oxygens (including phenoxy) is 2. The first-order valence-corrected chi connectivity index (χ1v) is 13.4. The van der Waals surface area contributed by atoms with Gasteiger partial charge >= 0.3 is 18.0 Å². The standard InChI is InChI=1S/C29H28BrN3O7/c1-6-39-27(36)21-20(22-25(34)31(4)29(38)32(5)26(22)35)23(17-10-8-16(3)9-11-17)33(24(21)28(37)40-7-2)19-14-12-18(30)13-15-19/h8-15,22H,6-7H2,1-5H3. The number of carbonyl (C=O) groups excluding carboxylic acids is 5. The van der Waals surface area contributed by atoms with Gasteiger partial charge in [0.05, 0.1) is 24.5 Å². The summed E-state index contributed by atoms with van der Waals surface area (Å²) in [5.41, 5.74) is 1.65. The molecule has 11 heteroatoms. The van der Waals surface area contributed by atoms with Gasteiger partial charge in [0, 0.05) is 29.8 Å². The van der Waals surface area contributed by atoms with E-state index >= 15 is 0 Å². The second kappa shape index (κ2) is 11.5. The maximum Gasteiger partial charge on any atom is 0.356 e. The lowest BCUT2D eigenvalue weighted by atomic mass is 9.88. The van der Waals surface area contributed by atoms with Crippen molar-refractivity contribution >= 4 is 45.7 Å². The Morgan fingerprint density at radius 1 is 0.825 bits per heavy atom. The predicted octanol–water partition coefficient (Wildman–Crippen LogP) is 4.70. The molecular formula is C29H28BrN3O7. The number of esters is 2. The molecule has 1 aromatic heterocycles. The van der Waals surface area contributed by atoms with Crippen molar-refractivity contribution in [1.82, 2.24) is 14.4 Å². The van der Waals surface area contributed by atoms with E-state index in [0.29, 0.717) is 11.3 Å². The minimum atomic E-state index is -1.62. The Bertz CT molecular complexity index is 1490. The van der Waals surface area contributed by atoms with E-state index < -0.39 is 35.7 Å². The SMILES string of the molecule is CCOC(=O)c1c(C2C(=O)N(C)C(=O)N(C)C2=O)c(-c2ccc(C)cc2)n(-c2ccc(Br)cc2)c1C(=O)OCC. The van der Waals surface area contributed by atoms with Crippen LogP contribution in [0.4, 0.5) is 4.79 Å². The Morgan fingerprint density at radius 2 is 1.35 bits per heavy atom. The highest BCUT2D eigenvalue weighted by Crippen LogP contribution is 2.42. The molecule has 4 amide bonds. The predicted molar refractivity (Wildman–Crippen MR) is 149 cm³/mol. The molecule has 40 heavy (non-hydrogen) atoms. The van der Waals surface area contributed by atoms with Gasteiger partial charge in [0.15, 0.2) is 0 Å². The first-order chi connectivity index (χ1) is 19.0. The Balaban J connectivity index is 2.24. The van der Waals surface area contributed by atoms with E-state index in [1.54, 1.807) is 50.2 Å². The first-order valence-electron chi connectivity index (χ1n) is 12.6. The van der Waals surface area contributed by atoms with Crippen LogP contribution in [0, 0.1) is 6.92 Å². The summed E-state index contributed by atoms with van der Waals surface area (Å²) in [5, 5.41) is 0. The molecule has 1 fully saturated rings. The Kier molecular flexibility index (Phi) is 8.24. The molecular weight excluding hydrogens is 582 g/mol. The number of rotatable bonds is 7. The van der Waals surface area contributed by atoms with Crippen molar-refractivity contribution in [3.63, 3.8) is 0 Å². The number of hydrogen-bond donors (Lipinski definition) is 0. The summed E-state index contributed by atoms with van der Waals surface area (Å²) in [7, 11) is 2.52. The van der Waals surface area contributed by atoms with Crippen LogP contribution in [-0.4, -0.2) is 71.5 Å². The zero-order chi connectivity index (χ0) is 29.3. The summed E-state index contributed by atoms with van der Waals surface area (Å²) in [6.07, 6.45) is 0. The molecule has 0 bridgehead atoms. The topological polar surface area (TPSA) is 115 Å². The van der Waals surface area contributed by atoms with Gasteiger partial charge in [-0.1, -0.05) is 45.8 Å². The third-order valence-electron chi connectivity index (χ3n) is 6.58. The highest BCUT2D eigenvalue weighted by molar-refractivity contribution is 9.10. The molecule has 0 saturated carbocycles. The van der Waals surface area contributed by atoms with Crippen molar-refractivity contribution in [2.75, 3.05) is 27.3 Å². The fraction of sp³-hybridized carbons (Fsp3) is 0.276. The van der Waals surface area contributed by atoms with Gasteiger partial charge in [0.2, 0.25) is 11.8 Å². The molecule has 0 N–H and O–H groups in total. The summed E-state index contributed by atoms with van der Waals surface area (Å²) in [6, 6.07) is 13.3. The Hall–Kier alpha value is -4.25. The minimum Gasteiger partial charge on any atom is -0.462 e. The van der Waals surface area contributed by atoms with Gasteiger partial charge in [-0.3, -0.25) is 19.4 Å². The monoisotopic (exact) mass is 609 g/mol. The lowest BCUT2D eigenvalue weighted by Gasteiger charge is -2.33. The molecule has 1 saturated heterocycles. The van der Waals surface area contributed by atoms with E-state index in [2.05, 4.69) is 15.9 Å². The molecule has 0 atom stereocenters. The number of imide groups is 2. The smallest absolute Gasteiger partial charge is 0.356 e. The molecule has 2 aromatic carbocycles. The second-order valence-electron chi connectivity index (χ2n) is 9.11. The summed E-state index contributed by atoms with van der Waals surface area (Å²) >= 11 is 3.42. The molecule has 1 aliphatic rings. The van der Waals surface area contributed by atoms with Crippen LogP contribution in [0.2, 0.25) is 0 Å². The van der Waals surface area contributed by atoms with Gasteiger partial charge in [-0.15, -0.1) is 0 Å². The molecule has 0 radical (unpaired) electrons. The molecule has 1 aliphatic heterocycles. The average molecular weight is 610 g/mol. The van der Waals surface area contributed by atoms with Crippen LogP contribution < -0.4 is 0 Å². The number of likely N-dealkylation sites (N-methyl/N-ethyl adjacent to an activating group) is 2. The van der Waals surface area contributed by atoms with Crippen LogP contribution >= 0.6 is 15.9 Å². The molecule has 10 nitrogen and oxygen atoms in total. The van der Waals surface area contributed by atoms with Crippen LogP contribution in [0.1, 0.15) is 51.7 Å². The quantitative estimate of drug-likeness (QED) is 0.281. The normalized spacial score (nSPS) is 14.1. The molecule has 208 valence electrons. The fourth-order valence-corrected chi connectivity index (χ4v) is 4.94. The van der Waals surface area contributed by atoms with E-state index in [1.165, 1.54) is 18.7 Å². The number of amides is 4. The van der Waals surface area contributed by atoms with Gasteiger partial charge in [-0.25, -0.2) is 14.4 Å². The summed E-state index contributed by atoms with van der Waals surface area (Å²) < 4.78 is 13.0. The van der Waals surface area contributed by atoms with Gasteiger partial charge in [0.25, 0.3) is 0 Å². The van der Waals surface area contributed by atoms with Crippen molar-refractivity contribution < 1.29 is 33.4 Å². The van der Waals surface area contributed by atoms with Crippen molar-refractivity contribution in [2.45, 2.75) is 26.7 Å². The first kappa shape index (κ1) is 28.8. The summed E-state index contributed by atoms with van der Waals surface area (Å²) in [5.74, 6) is -5.05. The fourth-order valence-electron chi connectivity index (χ4n) is 4.67. The zero-order valence-electron chi connectivity index (χ0n) is 22.7. The molecule has 4 rings (SSSR count). The summed E-state index contributed by atoms with van der Waals surface area (Å²) in [6.45, 7) is 5.10. The number of aryl methyl sites for hydroxylation is 1. The van der Waals surface area contributed by atoms with Crippen molar-refractivity contribution in [2.24, 2.45) is 0 Å². The van der Waals surface area contributed by atoms with Gasteiger partial charge < -0.3 is 14.0 Å². The van der Waals surface area contributed by atoms with E-state index in [1.807, 2.05) is 19.1 Å².